The standard InChI is InChI=1S/C35H38FN5O5Si.C29H24FN5O4/c1-47(2,3)18-17-45-23-40-30-11-9-24(35(43)39-13-15-44-16-14-39)19-25(30)20-31(40)33(42)28-22-38-41(34(28)37)26-10-12-32(29(36)21-26)46-27-7-5-4-6-8-27;30-23-16-20(7-9-26(23)39-21-4-2-1-3-5-21)35-28(31)22(17-32-35)27(36)25-15-19-14-18(6-8-24(19)33-25)29(37)34-10-12-38-13-11-34/h4-12,19-22H,13-18,23,37H2,1-3H3;1-9,14-17,33H,10-13,31H2. The molecule has 440 valence electrons. The number of halogens is 2. The lowest BCUT2D eigenvalue weighted by Gasteiger charge is -2.26. The number of hydrogen-bond donors (Lipinski definition) is 3. The number of morpholine rings is 2. The SMILES string of the molecule is C[Si](C)(C)CCOCn1c(C(=O)c2cnn(-c3ccc(Oc4ccccc4)c(F)c3)c2N)cc2cc(C(=O)N3CCOCC3)ccc21.Nc1c(C(=O)c2cc3cc(C(=O)N4CCOCC4)ccc3[nH]2)cnn1-c1ccc(Oc2ccccc2)c(F)c1. The number of carbonyl (C=O) groups is 4. The fraction of sp³-hybridized carbons (Fsp3) is 0.219. The molecule has 19 nitrogen and oxygen atoms in total. The smallest absolute Gasteiger partial charge is 0.254 e. The van der Waals surface area contributed by atoms with Crippen molar-refractivity contribution in [1.29, 1.82) is 0 Å². The number of aromatic nitrogens is 6. The van der Waals surface area contributed by atoms with E-state index in [2.05, 4.69) is 34.8 Å². The first-order valence-corrected chi connectivity index (χ1v) is 31.7. The van der Waals surface area contributed by atoms with E-state index in [0.717, 1.165) is 22.3 Å². The zero-order valence-corrected chi connectivity index (χ0v) is 48.5. The number of rotatable bonds is 17. The third kappa shape index (κ3) is 12.8. The molecule has 2 aliphatic heterocycles. The van der Waals surface area contributed by atoms with Gasteiger partial charge < -0.3 is 54.5 Å². The number of nitrogen functional groups attached to an aromatic ring is 2. The average Bonchev–Trinajstić information content (AvgIpc) is 2.51. The molecule has 0 bridgehead atoms. The topological polar surface area (TPSA) is 229 Å². The molecule has 2 saturated heterocycles. The zero-order valence-electron chi connectivity index (χ0n) is 47.5. The van der Waals surface area contributed by atoms with Gasteiger partial charge in [-0.05, 0) is 103 Å². The molecule has 2 amide bonds. The summed E-state index contributed by atoms with van der Waals surface area (Å²) in [5, 5.41) is 10.00. The number of para-hydroxylation sites is 2. The van der Waals surface area contributed by atoms with Crippen molar-refractivity contribution in [2.24, 2.45) is 0 Å². The van der Waals surface area contributed by atoms with Gasteiger partial charge in [0.25, 0.3) is 11.8 Å². The second-order valence-electron chi connectivity index (χ2n) is 21.8. The number of nitrogens with one attached hydrogen (secondary N) is 1. The molecule has 2 fully saturated rings. The van der Waals surface area contributed by atoms with Gasteiger partial charge >= 0.3 is 0 Å². The minimum atomic E-state index is -1.34. The van der Waals surface area contributed by atoms with Gasteiger partial charge in [0, 0.05) is 80.4 Å². The summed E-state index contributed by atoms with van der Waals surface area (Å²) in [7, 11) is -1.34. The van der Waals surface area contributed by atoms with Crippen LogP contribution in [0.3, 0.4) is 0 Å². The summed E-state index contributed by atoms with van der Waals surface area (Å²) in [5.74, 6) is -0.872. The third-order valence-electron chi connectivity index (χ3n) is 14.7. The Morgan fingerprint density at radius 2 is 1.09 bits per heavy atom. The lowest BCUT2D eigenvalue weighted by molar-refractivity contribution is 0.0301. The highest BCUT2D eigenvalue weighted by Gasteiger charge is 2.27. The molecule has 0 saturated carbocycles. The van der Waals surface area contributed by atoms with E-state index in [9.17, 15) is 23.6 Å². The van der Waals surface area contributed by atoms with Crippen molar-refractivity contribution < 1.29 is 51.6 Å². The van der Waals surface area contributed by atoms with Crippen LogP contribution >= 0.6 is 0 Å². The summed E-state index contributed by atoms with van der Waals surface area (Å²) in [6, 6.07) is 41.6. The van der Waals surface area contributed by atoms with Crippen LogP contribution in [0, 0.1) is 11.6 Å². The van der Waals surface area contributed by atoms with Crippen LogP contribution in [0.2, 0.25) is 25.7 Å². The highest BCUT2D eigenvalue weighted by molar-refractivity contribution is 6.76. The predicted octanol–water partition coefficient (Wildman–Crippen LogP) is 10.9. The molecule has 0 unspecified atom stereocenters. The summed E-state index contributed by atoms with van der Waals surface area (Å²) >= 11 is 0. The first-order valence-electron chi connectivity index (χ1n) is 28.0. The summed E-state index contributed by atoms with van der Waals surface area (Å²) in [5.41, 5.74) is 16.9. The molecule has 0 atom stereocenters. The molecular formula is C64H62F2N10O9Si. The van der Waals surface area contributed by atoms with E-state index in [-0.39, 0.29) is 64.4 Å². The van der Waals surface area contributed by atoms with E-state index in [0.29, 0.717) is 110 Å². The van der Waals surface area contributed by atoms with E-state index < -0.39 is 19.7 Å². The summed E-state index contributed by atoms with van der Waals surface area (Å²) in [4.78, 5) is 60.1. The fourth-order valence-electron chi connectivity index (χ4n) is 9.95. The lowest BCUT2D eigenvalue weighted by Crippen LogP contribution is -2.40. The number of benzene rings is 6. The molecule has 6 aromatic carbocycles. The third-order valence-corrected chi connectivity index (χ3v) is 16.4. The molecule has 10 aromatic rings. The van der Waals surface area contributed by atoms with E-state index in [1.807, 2.05) is 18.2 Å². The van der Waals surface area contributed by atoms with Gasteiger partial charge in [-0.1, -0.05) is 56.0 Å². The van der Waals surface area contributed by atoms with Gasteiger partial charge in [-0.25, -0.2) is 18.1 Å². The maximum Gasteiger partial charge on any atom is 0.254 e. The number of amides is 2. The van der Waals surface area contributed by atoms with Crippen molar-refractivity contribution in [3.63, 3.8) is 0 Å². The second-order valence-corrected chi connectivity index (χ2v) is 27.4. The maximum absolute atomic E-state index is 15.1. The number of fused-ring (bicyclic) bond motifs is 2. The molecule has 6 heterocycles. The van der Waals surface area contributed by atoms with Gasteiger partial charge in [-0.2, -0.15) is 10.2 Å². The summed E-state index contributed by atoms with van der Waals surface area (Å²) < 4.78 is 62.3. The average molecular weight is 1180 g/mol. The number of carbonyl (C=O) groups excluding carboxylic acids is 4. The fourth-order valence-corrected chi connectivity index (χ4v) is 10.7. The Morgan fingerprint density at radius 1 is 0.593 bits per heavy atom. The van der Waals surface area contributed by atoms with Gasteiger partial charge in [0.2, 0.25) is 11.6 Å². The number of ether oxygens (including phenoxy) is 5. The van der Waals surface area contributed by atoms with Crippen molar-refractivity contribution in [1.82, 2.24) is 38.9 Å². The first kappa shape index (κ1) is 58.0. The highest BCUT2D eigenvalue weighted by Crippen LogP contribution is 2.32. The van der Waals surface area contributed by atoms with Crippen molar-refractivity contribution in [3.05, 3.63) is 203 Å². The normalized spacial score (nSPS) is 13.6. The van der Waals surface area contributed by atoms with E-state index in [1.54, 1.807) is 117 Å². The Balaban J connectivity index is 0.000000182. The van der Waals surface area contributed by atoms with Crippen LogP contribution in [0.15, 0.2) is 158 Å². The molecule has 0 aliphatic carbocycles. The predicted molar refractivity (Wildman–Crippen MR) is 324 cm³/mol. The van der Waals surface area contributed by atoms with Crippen molar-refractivity contribution in [3.8, 4) is 34.4 Å². The zero-order chi connectivity index (χ0) is 60.1. The Bertz CT molecular complexity index is 4130. The van der Waals surface area contributed by atoms with Crippen molar-refractivity contribution >= 4 is 64.9 Å². The van der Waals surface area contributed by atoms with Crippen molar-refractivity contribution in [2.45, 2.75) is 32.4 Å². The number of nitrogens with two attached hydrogens (primary N) is 2. The van der Waals surface area contributed by atoms with E-state index in [4.69, 9.17) is 35.2 Å². The molecule has 22 heteroatoms. The quantitative estimate of drug-likeness (QED) is 0.0438. The van der Waals surface area contributed by atoms with Gasteiger partial charge in [0.15, 0.2) is 23.1 Å². The molecule has 0 radical (unpaired) electrons. The minimum Gasteiger partial charge on any atom is -0.454 e. The molecule has 0 spiro atoms. The number of aromatic amines is 1. The Hall–Kier alpha value is -9.74. The van der Waals surface area contributed by atoms with Crippen molar-refractivity contribution in [2.75, 3.05) is 70.7 Å². The van der Waals surface area contributed by atoms with Crippen LogP contribution in [-0.2, 0) is 20.9 Å². The van der Waals surface area contributed by atoms with Crippen LogP contribution in [-0.4, -0.2) is 130 Å². The molecule has 12 rings (SSSR count). The Kier molecular flexibility index (Phi) is 17.0. The van der Waals surface area contributed by atoms with Crippen LogP contribution < -0.4 is 20.9 Å². The summed E-state index contributed by atoms with van der Waals surface area (Å²) in [6.07, 6.45) is 2.73. The molecule has 5 N–H and O–H groups in total. The number of anilines is 2. The van der Waals surface area contributed by atoms with Crippen LogP contribution in [0.4, 0.5) is 20.4 Å². The number of nitrogens with zero attached hydrogens (tertiary/aromatic N) is 7. The van der Waals surface area contributed by atoms with Gasteiger partial charge in [-0.15, -0.1) is 0 Å². The molecule has 4 aromatic heterocycles. The van der Waals surface area contributed by atoms with E-state index >= 15 is 4.39 Å². The highest BCUT2D eigenvalue weighted by atomic mass is 28.3. The monoisotopic (exact) mass is 1180 g/mol. The Morgan fingerprint density at radius 3 is 1.60 bits per heavy atom. The molecular weight excluding hydrogens is 1120 g/mol. The minimum absolute atomic E-state index is 0.0482. The van der Waals surface area contributed by atoms with Gasteiger partial charge in [0.05, 0.1) is 78.2 Å². The van der Waals surface area contributed by atoms with Crippen LogP contribution in [0.1, 0.15) is 52.8 Å². The van der Waals surface area contributed by atoms with Gasteiger partial charge in [-0.3, -0.25) is 19.2 Å². The van der Waals surface area contributed by atoms with Gasteiger partial charge in [0.1, 0.15) is 29.9 Å². The largest absolute Gasteiger partial charge is 0.454 e. The lowest BCUT2D eigenvalue weighted by atomic mass is 10.1. The second kappa shape index (κ2) is 25.2. The molecule has 2 aliphatic rings. The Labute approximate surface area is 494 Å². The number of hydrogen-bond acceptors (Lipinski definition) is 13. The van der Waals surface area contributed by atoms with E-state index in [1.165, 1.54) is 46.0 Å². The molecule has 86 heavy (non-hydrogen) atoms. The number of H-pyrrole nitrogens is 1. The number of ketones is 2. The summed E-state index contributed by atoms with van der Waals surface area (Å²) in [6.45, 7) is 11.7. The van der Waals surface area contributed by atoms with Crippen LogP contribution in [0.25, 0.3) is 33.2 Å². The first-order chi connectivity index (χ1) is 41.6. The van der Waals surface area contributed by atoms with Crippen LogP contribution in [0.5, 0.6) is 23.0 Å². The maximum atomic E-state index is 15.1.